The van der Waals surface area contributed by atoms with Gasteiger partial charge in [-0.15, -0.1) is 0 Å². The molecular weight excluding hydrogens is 240 g/mol. The molecule has 6 unspecified atom stereocenters. The number of fused-ring (bicyclic) bond motifs is 4. The molecule has 6 atom stereocenters. The van der Waals surface area contributed by atoms with Gasteiger partial charge in [-0.3, -0.25) is 4.79 Å². The molecule has 2 bridgehead atoms. The highest BCUT2D eigenvalue weighted by atomic mass is 16.6. The Morgan fingerprint density at radius 1 is 1.42 bits per heavy atom. The van der Waals surface area contributed by atoms with E-state index in [-0.39, 0.29) is 17.6 Å². The fourth-order valence-corrected chi connectivity index (χ4v) is 5.08. The first-order valence-electron chi connectivity index (χ1n) is 7.72. The van der Waals surface area contributed by atoms with E-state index in [2.05, 4.69) is 20.8 Å². The van der Waals surface area contributed by atoms with Crippen LogP contribution in [0.2, 0.25) is 0 Å². The van der Waals surface area contributed by atoms with Gasteiger partial charge in [0.25, 0.3) is 0 Å². The topological polar surface area (TPSA) is 46.5 Å². The summed E-state index contributed by atoms with van der Waals surface area (Å²) in [4.78, 5) is 12.5. The van der Waals surface area contributed by atoms with Crippen LogP contribution >= 0.6 is 0 Å². The van der Waals surface area contributed by atoms with E-state index in [1.807, 2.05) is 6.92 Å². The lowest BCUT2D eigenvalue weighted by Crippen LogP contribution is -2.59. The van der Waals surface area contributed by atoms with Gasteiger partial charge in [0.15, 0.2) is 5.78 Å². The standard InChI is InChI=1S/C16H26O3/c1-9(2)7-16-8-12(17)15(4,19-16)11-6-5-10(3)13(11)14(16)18/h9-11,13-14,18H,5-8H2,1-4H3. The number of Topliss-reactive ketones (excluding diaryl/α,β-unsaturated/α-hetero) is 1. The van der Waals surface area contributed by atoms with Gasteiger partial charge in [0, 0.05) is 12.3 Å². The van der Waals surface area contributed by atoms with E-state index in [1.165, 1.54) is 0 Å². The van der Waals surface area contributed by atoms with Gasteiger partial charge in [0.05, 0.1) is 6.10 Å². The van der Waals surface area contributed by atoms with Crippen LogP contribution in [0.5, 0.6) is 0 Å². The summed E-state index contributed by atoms with van der Waals surface area (Å²) >= 11 is 0. The summed E-state index contributed by atoms with van der Waals surface area (Å²) in [5.74, 6) is 1.60. The number of aliphatic hydroxyl groups is 1. The average molecular weight is 266 g/mol. The molecule has 1 saturated carbocycles. The van der Waals surface area contributed by atoms with E-state index in [0.717, 1.165) is 19.3 Å². The Morgan fingerprint density at radius 3 is 2.74 bits per heavy atom. The quantitative estimate of drug-likeness (QED) is 0.835. The van der Waals surface area contributed by atoms with Gasteiger partial charge in [-0.25, -0.2) is 0 Å². The predicted octanol–water partition coefficient (Wildman–Crippen LogP) is 2.56. The molecule has 0 spiro atoms. The van der Waals surface area contributed by atoms with Gasteiger partial charge in [0.2, 0.25) is 0 Å². The largest absolute Gasteiger partial charge is 0.390 e. The lowest BCUT2D eigenvalue weighted by Gasteiger charge is -2.49. The summed E-state index contributed by atoms with van der Waals surface area (Å²) in [5.41, 5.74) is -1.25. The zero-order valence-corrected chi connectivity index (χ0v) is 12.5. The summed E-state index contributed by atoms with van der Waals surface area (Å²) in [7, 11) is 0. The molecule has 3 rings (SSSR count). The Balaban J connectivity index is 2.02. The van der Waals surface area contributed by atoms with E-state index in [9.17, 15) is 9.90 Å². The van der Waals surface area contributed by atoms with E-state index in [1.54, 1.807) is 0 Å². The van der Waals surface area contributed by atoms with Crippen LogP contribution in [0.1, 0.15) is 53.4 Å². The van der Waals surface area contributed by atoms with Crippen molar-refractivity contribution in [1.29, 1.82) is 0 Å². The summed E-state index contributed by atoms with van der Waals surface area (Å²) in [6.07, 6.45) is 2.84. The molecule has 3 heteroatoms. The maximum absolute atomic E-state index is 12.5. The summed E-state index contributed by atoms with van der Waals surface area (Å²) < 4.78 is 6.27. The van der Waals surface area contributed by atoms with Gasteiger partial charge >= 0.3 is 0 Å². The Kier molecular flexibility index (Phi) is 2.89. The average Bonchev–Trinajstić information content (AvgIpc) is 2.77. The molecule has 1 aliphatic carbocycles. The van der Waals surface area contributed by atoms with E-state index in [4.69, 9.17) is 4.74 Å². The summed E-state index contributed by atoms with van der Waals surface area (Å²) in [6, 6.07) is 0. The van der Waals surface area contributed by atoms with Crippen LogP contribution in [0.3, 0.4) is 0 Å². The maximum Gasteiger partial charge on any atom is 0.167 e. The van der Waals surface area contributed by atoms with Crippen molar-refractivity contribution in [3.05, 3.63) is 0 Å². The Labute approximate surface area is 115 Å². The minimum absolute atomic E-state index is 0.216. The molecule has 0 aromatic heterocycles. The van der Waals surface area contributed by atoms with Crippen molar-refractivity contribution in [3.63, 3.8) is 0 Å². The fourth-order valence-electron chi connectivity index (χ4n) is 5.08. The molecule has 2 heterocycles. The van der Waals surface area contributed by atoms with Crippen LogP contribution < -0.4 is 0 Å². The van der Waals surface area contributed by atoms with Crippen LogP contribution in [-0.2, 0) is 9.53 Å². The van der Waals surface area contributed by atoms with Gasteiger partial charge in [-0.05, 0) is 43.9 Å². The maximum atomic E-state index is 12.5. The smallest absolute Gasteiger partial charge is 0.167 e. The summed E-state index contributed by atoms with van der Waals surface area (Å²) in [5, 5.41) is 10.9. The highest BCUT2D eigenvalue weighted by molar-refractivity contribution is 5.91. The van der Waals surface area contributed by atoms with Crippen molar-refractivity contribution in [3.8, 4) is 0 Å². The first-order valence-corrected chi connectivity index (χ1v) is 7.72. The molecule has 0 amide bonds. The van der Waals surface area contributed by atoms with Crippen molar-refractivity contribution in [2.75, 3.05) is 0 Å². The van der Waals surface area contributed by atoms with Gasteiger partial charge in [0.1, 0.15) is 11.2 Å². The number of carbonyl (C=O) groups excluding carboxylic acids is 1. The van der Waals surface area contributed by atoms with E-state index >= 15 is 0 Å². The fraction of sp³-hybridized carbons (Fsp3) is 0.938. The normalized spacial score (nSPS) is 52.8. The van der Waals surface area contributed by atoms with Crippen LogP contribution in [0.4, 0.5) is 0 Å². The number of carbonyl (C=O) groups is 1. The molecule has 0 aromatic carbocycles. The minimum atomic E-state index is -0.635. The molecule has 19 heavy (non-hydrogen) atoms. The second-order valence-corrected chi connectivity index (χ2v) is 7.66. The zero-order valence-electron chi connectivity index (χ0n) is 12.5. The molecule has 3 nitrogen and oxygen atoms in total. The first kappa shape index (κ1) is 13.6. The van der Waals surface area contributed by atoms with Crippen LogP contribution in [0.25, 0.3) is 0 Å². The van der Waals surface area contributed by atoms with E-state index in [0.29, 0.717) is 18.3 Å². The number of ether oxygens (including phenoxy) is 1. The third kappa shape index (κ3) is 1.67. The highest BCUT2D eigenvalue weighted by Crippen LogP contribution is 2.59. The lowest BCUT2D eigenvalue weighted by molar-refractivity contribution is -0.238. The SMILES string of the molecule is CC(C)CC12CC(=O)C(C)(O1)C1CCC(C)C1C2O. The van der Waals surface area contributed by atoms with Crippen molar-refractivity contribution in [1.82, 2.24) is 0 Å². The molecule has 2 saturated heterocycles. The number of ketones is 1. The predicted molar refractivity (Wildman–Crippen MR) is 72.7 cm³/mol. The van der Waals surface area contributed by atoms with Crippen molar-refractivity contribution < 1.29 is 14.6 Å². The van der Waals surface area contributed by atoms with Crippen LogP contribution in [0.15, 0.2) is 0 Å². The molecule has 3 fully saturated rings. The molecule has 2 aliphatic heterocycles. The number of rotatable bonds is 2. The zero-order chi connectivity index (χ0) is 14.0. The van der Waals surface area contributed by atoms with Crippen LogP contribution in [-0.4, -0.2) is 28.2 Å². The molecule has 0 aromatic rings. The molecule has 1 N–H and O–H groups in total. The highest BCUT2D eigenvalue weighted by Gasteiger charge is 2.68. The molecular formula is C16H26O3. The third-order valence-electron chi connectivity index (χ3n) is 5.85. The second kappa shape index (κ2) is 4.05. The Bertz CT molecular complexity index is 405. The van der Waals surface area contributed by atoms with Crippen molar-refractivity contribution in [2.24, 2.45) is 23.7 Å². The molecule has 108 valence electrons. The second-order valence-electron chi connectivity index (χ2n) is 7.66. The Morgan fingerprint density at radius 2 is 2.11 bits per heavy atom. The van der Waals surface area contributed by atoms with Gasteiger partial charge < -0.3 is 9.84 Å². The summed E-state index contributed by atoms with van der Waals surface area (Å²) in [6.45, 7) is 8.46. The number of hydrogen-bond donors (Lipinski definition) is 1. The lowest BCUT2D eigenvalue weighted by atomic mass is 9.71. The van der Waals surface area contributed by atoms with Crippen molar-refractivity contribution >= 4 is 5.78 Å². The molecule has 3 aliphatic rings. The van der Waals surface area contributed by atoms with Crippen molar-refractivity contribution in [2.45, 2.75) is 70.7 Å². The van der Waals surface area contributed by atoms with Gasteiger partial charge in [-0.2, -0.15) is 0 Å². The van der Waals surface area contributed by atoms with E-state index < -0.39 is 17.3 Å². The third-order valence-corrected chi connectivity index (χ3v) is 5.85. The Hall–Kier alpha value is -0.410. The molecule has 0 radical (unpaired) electrons. The first-order chi connectivity index (χ1) is 8.80. The number of hydrogen-bond acceptors (Lipinski definition) is 3. The monoisotopic (exact) mass is 266 g/mol. The van der Waals surface area contributed by atoms with Gasteiger partial charge in [-0.1, -0.05) is 20.8 Å². The minimum Gasteiger partial charge on any atom is -0.390 e. The number of aliphatic hydroxyl groups excluding tert-OH is 1. The van der Waals surface area contributed by atoms with Crippen LogP contribution in [0, 0.1) is 23.7 Å².